The third-order valence-electron chi connectivity index (χ3n) is 6.30. The van der Waals surface area contributed by atoms with Crippen LogP contribution in [-0.2, 0) is 20.8 Å². The van der Waals surface area contributed by atoms with Crippen molar-refractivity contribution in [2.75, 3.05) is 7.11 Å². The summed E-state index contributed by atoms with van der Waals surface area (Å²) in [5, 5.41) is 6.01. The molecule has 0 saturated carbocycles. The molecule has 2 N–H and O–H groups in total. The molecule has 0 aliphatic carbocycles. The third-order valence-corrected chi connectivity index (χ3v) is 6.30. The second-order valence-corrected chi connectivity index (χ2v) is 9.10. The van der Waals surface area contributed by atoms with Crippen molar-refractivity contribution in [1.29, 1.82) is 0 Å². The van der Waals surface area contributed by atoms with Crippen molar-refractivity contribution in [3.8, 4) is 5.75 Å². The van der Waals surface area contributed by atoms with E-state index in [0.29, 0.717) is 29.5 Å². The molecule has 0 bridgehead atoms. The Morgan fingerprint density at radius 2 is 1.44 bits per heavy atom. The van der Waals surface area contributed by atoms with Gasteiger partial charge in [0.2, 0.25) is 0 Å². The molecule has 0 aromatic heterocycles. The highest BCUT2D eigenvalue weighted by Gasteiger charge is 2.35. The monoisotopic (exact) mass is 528 g/mol. The van der Waals surface area contributed by atoms with E-state index < -0.39 is 18.2 Å². The summed E-state index contributed by atoms with van der Waals surface area (Å²) in [6.07, 6.45) is -1.51. The fourth-order valence-corrected chi connectivity index (χ4v) is 4.29. The topological polar surface area (TPSA) is 95.1 Å². The van der Waals surface area contributed by atoms with Crippen molar-refractivity contribution in [3.63, 3.8) is 0 Å². The Hall–Kier alpha value is -4.72. The third kappa shape index (κ3) is 6.98. The molecule has 1 aliphatic heterocycles. The summed E-state index contributed by atoms with van der Waals surface area (Å²) in [4.78, 5) is 25.1. The number of allylic oxidation sites excluding steroid dienone is 2. The van der Waals surface area contributed by atoms with Crippen LogP contribution in [0, 0.1) is 0 Å². The molecule has 8 heteroatoms. The van der Waals surface area contributed by atoms with E-state index in [2.05, 4.69) is 10.6 Å². The molecule has 1 heterocycles. The van der Waals surface area contributed by atoms with E-state index >= 15 is 0 Å². The standard InChI is InChI=1S/C31H32N2O6/c1-20(24-13-9-6-10-14-24)33-30(34)38-28-21(2)32-22(3)29(39-31(35)36-4)27(28)25-15-17-26(18-16-25)37-19-23-11-7-5-8-12-23/h5-18,20,27,32H,19H2,1-4H3,(H,33,34)/t20-,27?/m1/s1. The van der Waals surface area contributed by atoms with Crippen LogP contribution >= 0.6 is 0 Å². The molecule has 3 aromatic carbocycles. The lowest BCUT2D eigenvalue weighted by molar-refractivity contribution is 0.0888. The van der Waals surface area contributed by atoms with Gasteiger partial charge in [0, 0.05) is 0 Å². The molecule has 1 unspecified atom stereocenters. The molecular formula is C31H32N2O6. The SMILES string of the molecule is COC(=O)OC1=C(C)NC(C)=C(OC(=O)N[C@H](C)c2ccccc2)C1c1ccc(OCc2ccccc2)cc1. The van der Waals surface area contributed by atoms with Crippen molar-refractivity contribution in [3.05, 3.63) is 125 Å². The van der Waals surface area contributed by atoms with Crippen LogP contribution in [0.15, 0.2) is 108 Å². The first-order valence-corrected chi connectivity index (χ1v) is 12.6. The number of alkyl carbamates (subject to hydrolysis) is 1. The Morgan fingerprint density at radius 1 is 0.846 bits per heavy atom. The fourth-order valence-electron chi connectivity index (χ4n) is 4.29. The minimum atomic E-state index is -0.875. The maximum absolute atomic E-state index is 13.0. The summed E-state index contributed by atoms with van der Waals surface area (Å²) in [5.74, 6) is 0.552. The normalized spacial score (nSPS) is 15.6. The summed E-state index contributed by atoms with van der Waals surface area (Å²) < 4.78 is 22.1. The Bertz CT molecular complexity index is 1350. The molecule has 3 aromatic rings. The summed E-state index contributed by atoms with van der Waals surface area (Å²) in [6, 6.07) is 26.5. The molecule has 4 rings (SSSR count). The van der Waals surface area contributed by atoms with Gasteiger partial charge in [-0.1, -0.05) is 72.8 Å². The number of dihydropyridines is 1. The van der Waals surface area contributed by atoms with Gasteiger partial charge in [-0.3, -0.25) is 0 Å². The Labute approximate surface area is 228 Å². The summed E-state index contributed by atoms with van der Waals surface area (Å²) in [6.45, 7) is 5.88. The second-order valence-electron chi connectivity index (χ2n) is 9.10. The molecule has 39 heavy (non-hydrogen) atoms. The number of benzene rings is 3. The van der Waals surface area contributed by atoms with Crippen molar-refractivity contribution in [2.24, 2.45) is 0 Å². The number of methoxy groups -OCH3 is 1. The van der Waals surface area contributed by atoms with Gasteiger partial charge in [0.1, 0.15) is 29.8 Å². The van der Waals surface area contributed by atoms with Crippen LogP contribution in [0.5, 0.6) is 5.75 Å². The van der Waals surface area contributed by atoms with Crippen LogP contribution in [0.25, 0.3) is 0 Å². The van der Waals surface area contributed by atoms with Crippen molar-refractivity contribution < 1.29 is 28.5 Å². The quantitative estimate of drug-likeness (QED) is 0.315. The van der Waals surface area contributed by atoms with Crippen molar-refractivity contribution in [2.45, 2.75) is 39.3 Å². The highest BCUT2D eigenvalue weighted by atomic mass is 16.7. The molecule has 8 nitrogen and oxygen atoms in total. The maximum atomic E-state index is 13.0. The Kier molecular flexibility index (Phi) is 8.89. The predicted octanol–water partition coefficient (Wildman–Crippen LogP) is 6.69. The highest BCUT2D eigenvalue weighted by molar-refractivity contribution is 5.70. The molecule has 0 fully saturated rings. The van der Waals surface area contributed by atoms with Gasteiger partial charge in [0.15, 0.2) is 0 Å². The first-order chi connectivity index (χ1) is 18.9. The van der Waals surface area contributed by atoms with Gasteiger partial charge in [0.25, 0.3) is 0 Å². The first-order valence-electron chi connectivity index (χ1n) is 12.6. The van der Waals surface area contributed by atoms with Gasteiger partial charge in [-0.05, 0) is 49.6 Å². The van der Waals surface area contributed by atoms with E-state index in [1.807, 2.05) is 91.9 Å². The highest BCUT2D eigenvalue weighted by Crippen LogP contribution is 2.40. The van der Waals surface area contributed by atoms with Gasteiger partial charge in [0.05, 0.1) is 24.5 Å². The number of carbonyl (C=O) groups excluding carboxylic acids is 2. The predicted molar refractivity (Wildman–Crippen MR) is 146 cm³/mol. The summed E-state index contributed by atoms with van der Waals surface area (Å²) in [5.41, 5.74) is 3.94. The zero-order valence-corrected chi connectivity index (χ0v) is 22.4. The van der Waals surface area contributed by atoms with Crippen molar-refractivity contribution >= 4 is 12.2 Å². The average molecular weight is 529 g/mol. The van der Waals surface area contributed by atoms with Gasteiger partial charge in [-0.15, -0.1) is 0 Å². The molecule has 0 radical (unpaired) electrons. The average Bonchev–Trinajstić information content (AvgIpc) is 2.95. The summed E-state index contributed by atoms with van der Waals surface area (Å²) >= 11 is 0. The number of carbonyl (C=O) groups is 2. The van der Waals surface area contributed by atoms with Crippen LogP contribution < -0.4 is 15.4 Å². The van der Waals surface area contributed by atoms with Gasteiger partial charge in [-0.2, -0.15) is 0 Å². The number of hydrogen-bond acceptors (Lipinski definition) is 7. The van der Waals surface area contributed by atoms with E-state index in [1.165, 1.54) is 7.11 Å². The molecule has 202 valence electrons. The molecule has 1 amide bonds. The van der Waals surface area contributed by atoms with Crippen LogP contribution in [0.3, 0.4) is 0 Å². The van der Waals surface area contributed by atoms with E-state index in [4.69, 9.17) is 18.9 Å². The summed E-state index contributed by atoms with van der Waals surface area (Å²) in [7, 11) is 1.24. The van der Waals surface area contributed by atoms with E-state index in [-0.39, 0.29) is 11.8 Å². The molecule has 0 saturated heterocycles. The Morgan fingerprint density at radius 3 is 2.05 bits per heavy atom. The smallest absolute Gasteiger partial charge is 0.489 e. The minimum Gasteiger partial charge on any atom is -0.489 e. The number of rotatable bonds is 8. The van der Waals surface area contributed by atoms with Crippen LogP contribution in [0.1, 0.15) is 49.4 Å². The zero-order valence-electron chi connectivity index (χ0n) is 22.4. The van der Waals surface area contributed by atoms with Crippen LogP contribution in [0.2, 0.25) is 0 Å². The van der Waals surface area contributed by atoms with E-state index in [0.717, 1.165) is 16.7 Å². The lowest BCUT2D eigenvalue weighted by atomic mass is 9.90. The van der Waals surface area contributed by atoms with Gasteiger partial charge in [-0.25, -0.2) is 9.59 Å². The first kappa shape index (κ1) is 27.3. The van der Waals surface area contributed by atoms with Gasteiger partial charge < -0.3 is 29.6 Å². The zero-order chi connectivity index (χ0) is 27.8. The molecular weight excluding hydrogens is 496 g/mol. The van der Waals surface area contributed by atoms with E-state index in [1.54, 1.807) is 13.8 Å². The van der Waals surface area contributed by atoms with Gasteiger partial charge >= 0.3 is 12.2 Å². The minimum absolute atomic E-state index is 0.268. The number of ether oxygens (including phenoxy) is 4. The second kappa shape index (κ2) is 12.7. The molecule has 1 aliphatic rings. The lowest BCUT2D eigenvalue weighted by Crippen LogP contribution is -2.33. The maximum Gasteiger partial charge on any atom is 0.513 e. The Balaban J connectivity index is 1.58. The molecule has 2 atom stereocenters. The number of hydrogen-bond donors (Lipinski definition) is 2. The largest absolute Gasteiger partial charge is 0.513 e. The lowest BCUT2D eigenvalue weighted by Gasteiger charge is -2.30. The van der Waals surface area contributed by atoms with Crippen LogP contribution in [-0.4, -0.2) is 19.4 Å². The van der Waals surface area contributed by atoms with Crippen molar-refractivity contribution in [1.82, 2.24) is 10.6 Å². The number of amides is 1. The number of nitrogens with one attached hydrogen (secondary N) is 2. The fraction of sp³-hybridized carbons (Fsp3) is 0.226. The van der Waals surface area contributed by atoms with Crippen LogP contribution in [0.4, 0.5) is 9.59 Å². The molecule has 0 spiro atoms. The van der Waals surface area contributed by atoms with E-state index in [9.17, 15) is 9.59 Å².